The van der Waals surface area contributed by atoms with Crippen molar-refractivity contribution in [2.45, 2.75) is 80.3 Å². The van der Waals surface area contributed by atoms with E-state index < -0.39 is 6.43 Å². The minimum atomic E-state index is -2.61. The maximum absolute atomic E-state index is 14.2. The Kier molecular flexibility index (Phi) is 34.7. The first-order valence-electron chi connectivity index (χ1n) is 17.1. The zero-order valence-electron chi connectivity index (χ0n) is 32.5. The molecular weight excluding hydrogens is 655 g/mol. The minimum absolute atomic E-state index is 0.0958. The van der Waals surface area contributed by atoms with Crippen molar-refractivity contribution < 1.29 is 32.5 Å². The third kappa shape index (κ3) is 21.8. The molecule has 7 nitrogen and oxygen atoms in total. The van der Waals surface area contributed by atoms with Gasteiger partial charge in [-0.1, -0.05) is 113 Å². The van der Waals surface area contributed by atoms with E-state index in [4.69, 9.17) is 14.6 Å². The summed E-state index contributed by atoms with van der Waals surface area (Å²) in [5.41, 5.74) is 3.89. The molecule has 0 fully saturated rings. The lowest BCUT2D eigenvalue weighted by molar-refractivity contribution is -0.0980. The van der Waals surface area contributed by atoms with E-state index in [2.05, 4.69) is 72.8 Å². The quantitative estimate of drug-likeness (QED) is 0.0648. The first-order chi connectivity index (χ1) is 24.7. The van der Waals surface area contributed by atoms with E-state index >= 15 is 0 Å². The summed E-state index contributed by atoms with van der Waals surface area (Å²) in [5, 5.41) is 7.00. The lowest BCUT2D eigenvalue weighted by Gasteiger charge is -2.26. The van der Waals surface area contributed by atoms with Crippen LogP contribution in [0.4, 0.5) is 13.2 Å². The summed E-state index contributed by atoms with van der Waals surface area (Å²) in [6, 6.07) is 18.2. The van der Waals surface area contributed by atoms with Crippen molar-refractivity contribution in [3.8, 4) is 11.4 Å². The van der Waals surface area contributed by atoms with Gasteiger partial charge in [0.25, 0.3) is 6.43 Å². The van der Waals surface area contributed by atoms with Gasteiger partial charge in [0.15, 0.2) is 6.79 Å². The molecule has 1 N–H and O–H groups in total. The number of halogens is 3. The first-order valence-corrected chi connectivity index (χ1v) is 17.1. The zero-order chi connectivity index (χ0) is 39.6. The van der Waals surface area contributed by atoms with Crippen LogP contribution in [0.25, 0.3) is 11.4 Å². The van der Waals surface area contributed by atoms with E-state index in [0.717, 1.165) is 50.8 Å². The third-order valence-corrected chi connectivity index (χ3v) is 6.99. The van der Waals surface area contributed by atoms with Crippen molar-refractivity contribution in [3.63, 3.8) is 0 Å². The highest BCUT2D eigenvalue weighted by atomic mass is 19.3. The fourth-order valence-electron chi connectivity index (χ4n) is 4.55. The molecule has 10 heteroatoms. The number of aryl methyl sites for hydroxylation is 1. The molecule has 0 saturated carbocycles. The monoisotopic (exact) mass is 719 g/mol. The summed E-state index contributed by atoms with van der Waals surface area (Å²) in [6.07, 6.45) is 5.53. The van der Waals surface area contributed by atoms with Gasteiger partial charge in [0.1, 0.15) is 18.3 Å². The number of imidazole rings is 1. The maximum Gasteiger partial charge on any atom is 0.282 e. The van der Waals surface area contributed by atoms with Gasteiger partial charge in [-0.3, -0.25) is 9.29 Å². The number of methoxy groups -OCH3 is 1. The molecule has 0 aliphatic rings. The van der Waals surface area contributed by atoms with Gasteiger partial charge in [0.2, 0.25) is 0 Å². The smallest absolute Gasteiger partial charge is 0.282 e. The highest BCUT2D eigenvalue weighted by molar-refractivity contribution is 5.57. The Morgan fingerprint density at radius 2 is 1.63 bits per heavy atom. The number of ether oxygens (including phenoxy) is 2. The molecule has 1 unspecified atom stereocenters. The standard InChI is InChI=1S/C29H37F2N3.C7H12O2.C2H6.CH3F.CH4O.CH2O/c1-5-7-18-34-26(27(28(30)31)32-29(34)25-11-9-8-10-12-25)21-33(20-22(3)6-2)19-17-24-15-13-23(4)14-16-24;1-4-5-7(2)9-6-8-3;4*1-2/h6,8-16,22,28H,2,5,7,17-21H2,1,3-4H3;4-5H,1,6H2,2-3H3;1-2H3;1H3;2H,1H3;1H2/b;7-5+;;;;. The number of alkyl halides is 3. The molecule has 1 atom stereocenters. The average Bonchev–Trinajstić information content (AvgIpc) is 3.54. The van der Waals surface area contributed by atoms with Crippen molar-refractivity contribution in [3.05, 3.63) is 114 Å². The average molecular weight is 720 g/mol. The van der Waals surface area contributed by atoms with Crippen LogP contribution in [-0.2, 0) is 33.8 Å². The fourth-order valence-corrected chi connectivity index (χ4v) is 4.55. The summed E-state index contributed by atoms with van der Waals surface area (Å²) in [4.78, 5) is 14.7. The molecule has 2 aromatic carbocycles. The topological polar surface area (TPSA) is 76.8 Å². The number of aromatic nitrogens is 2. The predicted molar refractivity (Wildman–Crippen MR) is 208 cm³/mol. The van der Waals surface area contributed by atoms with Crippen LogP contribution in [0.5, 0.6) is 0 Å². The molecule has 0 aliphatic heterocycles. The second-order valence-electron chi connectivity index (χ2n) is 10.7. The number of rotatable bonds is 17. The Hall–Kier alpha value is -3.99. The molecule has 0 radical (unpaired) electrons. The van der Waals surface area contributed by atoms with Crippen LogP contribution in [-0.4, -0.2) is 67.6 Å². The van der Waals surface area contributed by atoms with Crippen molar-refractivity contribution >= 4 is 6.79 Å². The van der Waals surface area contributed by atoms with E-state index in [1.807, 2.05) is 68.5 Å². The Labute approximate surface area is 306 Å². The minimum Gasteiger partial charge on any atom is -0.472 e. The Morgan fingerprint density at radius 3 is 2.12 bits per heavy atom. The van der Waals surface area contributed by atoms with Gasteiger partial charge >= 0.3 is 0 Å². The van der Waals surface area contributed by atoms with Crippen LogP contribution in [0.15, 0.2) is 91.7 Å². The van der Waals surface area contributed by atoms with Crippen molar-refractivity contribution in [1.29, 1.82) is 0 Å². The summed E-state index contributed by atoms with van der Waals surface area (Å²) >= 11 is 0. The van der Waals surface area contributed by atoms with Crippen LogP contribution in [0.3, 0.4) is 0 Å². The maximum atomic E-state index is 14.2. The molecule has 0 aliphatic carbocycles. The number of hydrogen-bond donors (Lipinski definition) is 1. The molecular formula is C41H64F3N3O4. The van der Waals surface area contributed by atoms with Crippen molar-refractivity contribution in [2.24, 2.45) is 5.92 Å². The molecule has 3 aromatic rings. The van der Waals surface area contributed by atoms with Crippen LogP contribution < -0.4 is 0 Å². The highest BCUT2D eigenvalue weighted by Gasteiger charge is 2.26. The molecule has 288 valence electrons. The van der Waals surface area contributed by atoms with Gasteiger partial charge in [-0.25, -0.2) is 13.8 Å². The van der Waals surface area contributed by atoms with Gasteiger partial charge < -0.3 is 23.9 Å². The van der Waals surface area contributed by atoms with Crippen LogP contribution >= 0.6 is 0 Å². The van der Waals surface area contributed by atoms with Crippen molar-refractivity contribution in [2.75, 3.05) is 41.3 Å². The number of allylic oxidation sites excluding steroid dienone is 3. The number of hydrogen-bond acceptors (Lipinski definition) is 6. The number of benzene rings is 2. The van der Waals surface area contributed by atoms with E-state index in [1.165, 1.54) is 11.1 Å². The lowest BCUT2D eigenvalue weighted by atomic mass is 10.1. The molecule has 1 heterocycles. The number of unbranched alkanes of at least 4 members (excludes halogenated alkanes) is 1. The molecule has 51 heavy (non-hydrogen) atoms. The van der Waals surface area contributed by atoms with Gasteiger partial charge in [0.05, 0.1) is 18.6 Å². The molecule has 1 aromatic heterocycles. The van der Waals surface area contributed by atoms with Crippen molar-refractivity contribution in [1.82, 2.24) is 14.5 Å². The predicted octanol–water partition coefficient (Wildman–Crippen LogP) is 10.2. The summed E-state index contributed by atoms with van der Waals surface area (Å²) in [5.74, 6) is 1.70. The van der Waals surface area contributed by atoms with E-state index in [-0.39, 0.29) is 11.6 Å². The van der Waals surface area contributed by atoms with Gasteiger partial charge in [-0.05, 0) is 44.2 Å². The summed E-state index contributed by atoms with van der Waals surface area (Å²) in [6.45, 7) is 24.6. The fraction of sp³-hybridized carbons (Fsp3) is 0.463. The van der Waals surface area contributed by atoms with E-state index in [0.29, 0.717) is 38.6 Å². The van der Waals surface area contributed by atoms with Gasteiger partial charge in [0, 0.05) is 46.0 Å². The molecule has 3 rings (SSSR count). The second kappa shape index (κ2) is 34.5. The third-order valence-electron chi connectivity index (χ3n) is 6.99. The van der Waals surface area contributed by atoms with Gasteiger partial charge in [-0.15, -0.1) is 6.58 Å². The second-order valence-corrected chi connectivity index (χ2v) is 10.7. The number of nitrogens with zero attached hydrogens (tertiary/aromatic N) is 3. The molecule has 0 spiro atoms. The molecule has 0 amide bonds. The SMILES string of the molecule is C=C/C=C(\C)OCOC.C=CC(C)CN(CCc1ccc(C)cc1)Cc1c(C(F)F)nc(-c2ccccc2)n1CCCC.C=O.CC.CF.CO. The number of aliphatic hydroxyl groups excluding tert-OH is 1. The summed E-state index contributed by atoms with van der Waals surface area (Å²) in [7, 11) is 3.08. The normalized spacial score (nSPS) is 10.7. The highest BCUT2D eigenvalue weighted by Crippen LogP contribution is 2.30. The van der Waals surface area contributed by atoms with E-state index in [1.54, 1.807) is 19.3 Å². The Morgan fingerprint density at radius 1 is 1.04 bits per heavy atom. The molecule has 0 saturated heterocycles. The zero-order valence-corrected chi connectivity index (χ0v) is 32.5. The number of carbonyl (C=O) groups is 1. The Bertz CT molecular complexity index is 1280. The van der Waals surface area contributed by atoms with Gasteiger partial charge in [-0.2, -0.15) is 0 Å². The van der Waals surface area contributed by atoms with E-state index in [9.17, 15) is 13.2 Å². The molecule has 0 bridgehead atoms. The first kappa shape index (κ1) is 51.4. The number of carbonyl (C=O) groups excluding carboxylic acids is 1. The van der Waals surface area contributed by atoms with Crippen LogP contribution in [0, 0.1) is 12.8 Å². The number of aliphatic hydroxyl groups is 1. The van der Waals surface area contributed by atoms with Crippen LogP contribution in [0.2, 0.25) is 0 Å². The summed E-state index contributed by atoms with van der Waals surface area (Å²) < 4.78 is 49.6. The Balaban J connectivity index is -0.00000115. The largest absolute Gasteiger partial charge is 0.472 e. The van der Waals surface area contributed by atoms with Crippen LogP contribution in [0.1, 0.15) is 76.4 Å². The lowest BCUT2D eigenvalue weighted by Crippen LogP contribution is -2.31.